The van der Waals surface area contributed by atoms with Gasteiger partial charge in [-0.05, 0) is 17.7 Å². The molecular weight excluding hydrogens is 271 g/mol. The van der Waals surface area contributed by atoms with E-state index in [0.29, 0.717) is 5.56 Å². The van der Waals surface area contributed by atoms with Crippen molar-refractivity contribution in [2.75, 3.05) is 26.8 Å². The molecule has 0 aliphatic carbocycles. The molecule has 0 spiro atoms. The van der Waals surface area contributed by atoms with E-state index in [1.165, 1.54) is 23.5 Å². The normalized spacial score (nSPS) is 12.1. The molecule has 0 amide bonds. The lowest BCUT2D eigenvalue weighted by atomic mass is 10.2. The first-order chi connectivity index (χ1) is 8.97. The van der Waals surface area contributed by atoms with Gasteiger partial charge in [-0.25, -0.2) is 12.8 Å². The van der Waals surface area contributed by atoms with Gasteiger partial charge >= 0.3 is 0 Å². The van der Waals surface area contributed by atoms with E-state index in [4.69, 9.17) is 10.5 Å². The number of nitrogens with zero attached hydrogens (tertiary/aromatic N) is 1. The highest BCUT2D eigenvalue weighted by molar-refractivity contribution is 7.89. The van der Waals surface area contributed by atoms with Gasteiger partial charge in [0.2, 0.25) is 10.0 Å². The quantitative estimate of drug-likeness (QED) is 0.811. The molecule has 0 aliphatic rings. The Bertz CT molecular complexity index is 520. The molecule has 0 saturated carbocycles. The Morgan fingerprint density at radius 1 is 1.42 bits per heavy atom. The summed E-state index contributed by atoms with van der Waals surface area (Å²) in [5.74, 6) is -0.599. The number of sulfonamides is 1. The van der Waals surface area contributed by atoms with Crippen molar-refractivity contribution in [1.29, 1.82) is 0 Å². The fraction of sp³-hybridized carbons (Fsp3) is 0.500. The summed E-state index contributed by atoms with van der Waals surface area (Å²) in [6.45, 7) is 2.54. The zero-order chi connectivity index (χ0) is 14.5. The molecule has 5 nitrogen and oxygen atoms in total. The summed E-state index contributed by atoms with van der Waals surface area (Å²) in [6.07, 6.45) is 0. The first kappa shape index (κ1) is 16.0. The number of rotatable bonds is 7. The second-order valence-electron chi connectivity index (χ2n) is 3.95. The van der Waals surface area contributed by atoms with E-state index in [2.05, 4.69) is 0 Å². The van der Waals surface area contributed by atoms with E-state index in [1.807, 2.05) is 0 Å². The van der Waals surface area contributed by atoms with Gasteiger partial charge in [0.25, 0.3) is 0 Å². The second-order valence-corrected chi connectivity index (χ2v) is 5.85. The van der Waals surface area contributed by atoms with Crippen LogP contribution in [0.5, 0.6) is 0 Å². The summed E-state index contributed by atoms with van der Waals surface area (Å²) in [6, 6.07) is 3.60. The van der Waals surface area contributed by atoms with Gasteiger partial charge in [0, 0.05) is 26.7 Å². The standard InChI is InChI=1S/C12H19FN2O3S/c1-3-15(6-7-18-2)19(16,17)12-8-11(13)5-4-10(12)9-14/h4-5,8H,3,6-7,9,14H2,1-2H3. The number of benzene rings is 1. The molecule has 0 aliphatic heterocycles. The molecule has 0 fully saturated rings. The smallest absolute Gasteiger partial charge is 0.243 e. The minimum absolute atomic E-state index is 0.0384. The summed E-state index contributed by atoms with van der Waals surface area (Å²) in [4.78, 5) is -0.0760. The minimum Gasteiger partial charge on any atom is -0.383 e. The third kappa shape index (κ3) is 3.73. The minimum atomic E-state index is -3.76. The summed E-state index contributed by atoms with van der Waals surface area (Å²) < 4.78 is 44.3. The van der Waals surface area contributed by atoms with Crippen molar-refractivity contribution < 1.29 is 17.5 Å². The highest BCUT2D eigenvalue weighted by Gasteiger charge is 2.25. The summed E-state index contributed by atoms with van der Waals surface area (Å²) >= 11 is 0. The van der Waals surface area contributed by atoms with Gasteiger partial charge in [-0.2, -0.15) is 4.31 Å². The van der Waals surface area contributed by atoms with Crippen LogP contribution >= 0.6 is 0 Å². The van der Waals surface area contributed by atoms with Crippen molar-refractivity contribution in [3.63, 3.8) is 0 Å². The maximum atomic E-state index is 13.3. The van der Waals surface area contributed by atoms with E-state index in [9.17, 15) is 12.8 Å². The summed E-state index contributed by atoms with van der Waals surface area (Å²) in [5.41, 5.74) is 5.91. The molecule has 0 atom stereocenters. The van der Waals surface area contributed by atoms with E-state index in [1.54, 1.807) is 6.92 Å². The Morgan fingerprint density at radius 3 is 2.63 bits per heavy atom. The molecule has 2 N–H and O–H groups in total. The molecule has 7 heteroatoms. The average Bonchev–Trinajstić information content (AvgIpc) is 2.39. The van der Waals surface area contributed by atoms with Crippen molar-refractivity contribution in [1.82, 2.24) is 4.31 Å². The Kier molecular flexibility index (Phi) is 5.86. The van der Waals surface area contributed by atoms with Gasteiger partial charge < -0.3 is 10.5 Å². The molecule has 108 valence electrons. The van der Waals surface area contributed by atoms with E-state index < -0.39 is 15.8 Å². The largest absolute Gasteiger partial charge is 0.383 e. The molecule has 1 aromatic rings. The Morgan fingerprint density at radius 2 is 2.11 bits per heavy atom. The first-order valence-electron chi connectivity index (χ1n) is 5.95. The first-order valence-corrected chi connectivity index (χ1v) is 7.39. The zero-order valence-electron chi connectivity index (χ0n) is 11.1. The maximum Gasteiger partial charge on any atom is 0.243 e. The van der Waals surface area contributed by atoms with Crippen molar-refractivity contribution in [3.8, 4) is 0 Å². The van der Waals surface area contributed by atoms with Gasteiger partial charge in [0.05, 0.1) is 11.5 Å². The molecule has 0 saturated heterocycles. The summed E-state index contributed by atoms with van der Waals surface area (Å²) in [7, 11) is -2.26. The lowest BCUT2D eigenvalue weighted by Gasteiger charge is -2.21. The van der Waals surface area contributed by atoms with Crippen molar-refractivity contribution >= 4 is 10.0 Å². The van der Waals surface area contributed by atoms with Gasteiger partial charge in [0.15, 0.2) is 0 Å². The third-order valence-corrected chi connectivity index (χ3v) is 4.82. The highest BCUT2D eigenvalue weighted by atomic mass is 32.2. The van der Waals surface area contributed by atoms with Crippen molar-refractivity contribution in [3.05, 3.63) is 29.6 Å². The number of likely N-dealkylation sites (N-methyl/N-ethyl adjacent to an activating group) is 1. The van der Waals surface area contributed by atoms with Crippen LogP contribution in [0.2, 0.25) is 0 Å². The van der Waals surface area contributed by atoms with Crippen LogP contribution in [0.4, 0.5) is 4.39 Å². The maximum absolute atomic E-state index is 13.3. The van der Waals surface area contributed by atoms with Gasteiger partial charge in [0.1, 0.15) is 5.82 Å². The third-order valence-electron chi connectivity index (χ3n) is 2.76. The van der Waals surface area contributed by atoms with E-state index >= 15 is 0 Å². The van der Waals surface area contributed by atoms with Crippen molar-refractivity contribution in [2.24, 2.45) is 5.73 Å². The van der Waals surface area contributed by atoms with Crippen LogP contribution in [0.1, 0.15) is 12.5 Å². The number of hydrogen-bond donors (Lipinski definition) is 1. The Hall–Kier alpha value is -1.02. The molecule has 0 radical (unpaired) electrons. The average molecular weight is 290 g/mol. The van der Waals surface area contributed by atoms with Gasteiger partial charge in [-0.1, -0.05) is 13.0 Å². The van der Waals surface area contributed by atoms with Crippen LogP contribution in [-0.4, -0.2) is 39.5 Å². The second kappa shape index (κ2) is 6.95. The SMILES string of the molecule is CCN(CCOC)S(=O)(=O)c1cc(F)ccc1CN. The van der Waals surface area contributed by atoms with Crippen LogP contribution < -0.4 is 5.73 Å². The lowest BCUT2D eigenvalue weighted by Crippen LogP contribution is -2.34. The van der Waals surface area contributed by atoms with Gasteiger partial charge in [-0.15, -0.1) is 0 Å². The molecule has 0 heterocycles. The molecule has 0 aromatic heterocycles. The van der Waals surface area contributed by atoms with E-state index in [0.717, 1.165) is 6.07 Å². The Balaban J connectivity index is 3.20. The molecule has 1 aromatic carbocycles. The molecule has 0 bridgehead atoms. The number of halogens is 1. The lowest BCUT2D eigenvalue weighted by molar-refractivity contribution is 0.180. The fourth-order valence-corrected chi connectivity index (χ4v) is 3.39. The van der Waals surface area contributed by atoms with Crippen LogP contribution in [0.3, 0.4) is 0 Å². The molecule has 19 heavy (non-hydrogen) atoms. The highest BCUT2D eigenvalue weighted by Crippen LogP contribution is 2.21. The topological polar surface area (TPSA) is 72.6 Å². The Labute approximate surface area is 113 Å². The van der Waals surface area contributed by atoms with E-state index in [-0.39, 0.29) is 31.1 Å². The molecule has 1 rings (SSSR count). The van der Waals surface area contributed by atoms with Crippen LogP contribution in [-0.2, 0) is 21.3 Å². The molecular formula is C12H19FN2O3S. The van der Waals surface area contributed by atoms with Gasteiger partial charge in [-0.3, -0.25) is 0 Å². The number of methoxy groups -OCH3 is 1. The fourth-order valence-electron chi connectivity index (χ4n) is 1.72. The predicted octanol–water partition coefficient (Wildman–Crippen LogP) is 0.941. The van der Waals surface area contributed by atoms with Crippen LogP contribution in [0.25, 0.3) is 0 Å². The zero-order valence-corrected chi connectivity index (χ0v) is 11.9. The number of nitrogens with two attached hydrogens (primary N) is 1. The van der Waals surface area contributed by atoms with Crippen LogP contribution in [0.15, 0.2) is 23.1 Å². The number of ether oxygens (including phenoxy) is 1. The summed E-state index contributed by atoms with van der Waals surface area (Å²) in [5, 5.41) is 0. The predicted molar refractivity (Wildman–Crippen MR) is 70.6 cm³/mol. The van der Waals surface area contributed by atoms with Crippen molar-refractivity contribution in [2.45, 2.75) is 18.4 Å². The number of hydrogen-bond acceptors (Lipinski definition) is 4. The van der Waals surface area contributed by atoms with Crippen LogP contribution in [0, 0.1) is 5.82 Å². The molecule has 0 unspecified atom stereocenters. The monoisotopic (exact) mass is 290 g/mol.